The van der Waals surface area contributed by atoms with E-state index in [1.807, 2.05) is 63.5 Å². The molecule has 155 valence electrons. The van der Waals surface area contributed by atoms with Crippen molar-refractivity contribution in [2.75, 3.05) is 5.32 Å². The minimum atomic E-state index is -0.610. The van der Waals surface area contributed by atoms with Gasteiger partial charge in [0.05, 0.1) is 11.7 Å². The number of rotatable bonds is 11. The van der Waals surface area contributed by atoms with E-state index in [1.165, 1.54) is 0 Å². The van der Waals surface area contributed by atoms with Crippen molar-refractivity contribution >= 4 is 34.4 Å². The Morgan fingerprint density at radius 1 is 1.07 bits per heavy atom. The monoisotopic (exact) mass is 395 g/mol. The van der Waals surface area contributed by atoms with E-state index < -0.39 is 12.1 Å². The molecule has 0 aliphatic heterocycles. The van der Waals surface area contributed by atoms with Gasteiger partial charge in [-0.15, -0.1) is 0 Å². The van der Waals surface area contributed by atoms with Crippen molar-refractivity contribution in [1.29, 1.82) is 0 Å². The van der Waals surface area contributed by atoms with Crippen molar-refractivity contribution in [2.24, 2.45) is 5.92 Å². The molecule has 0 aliphatic rings. The summed E-state index contributed by atoms with van der Waals surface area (Å²) in [5.41, 5.74) is 1.25. The van der Waals surface area contributed by atoms with Crippen LogP contribution in [0.3, 0.4) is 0 Å². The van der Waals surface area contributed by atoms with Crippen LogP contribution < -0.4 is 10.6 Å². The Bertz CT molecular complexity index is 860. The van der Waals surface area contributed by atoms with Crippen LogP contribution in [0.15, 0.2) is 36.4 Å². The SMILES string of the molecule is CCCCC([C]=O)NC(=O)C(C)Nc1c(C(=O)CC(C)C)ccc2ccccc12. The quantitative estimate of drug-likeness (QED) is 0.543. The average molecular weight is 396 g/mol. The molecule has 29 heavy (non-hydrogen) atoms. The summed E-state index contributed by atoms with van der Waals surface area (Å²) in [7, 11) is 0. The van der Waals surface area contributed by atoms with Crippen molar-refractivity contribution in [3.8, 4) is 0 Å². The van der Waals surface area contributed by atoms with Gasteiger partial charge in [0, 0.05) is 17.4 Å². The summed E-state index contributed by atoms with van der Waals surface area (Å²) in [6.07, 6.45) is 4.71. The van der Waals surface area contributed by atoms with Gasteiger partial charge in [0.25, 0.3) is 0 Å². The summed E-state index contributed by atoms with van der Waals surface area (Å²) >= 11 is 0. The fourth-order valence-electron chi connectivity index (χ4n) is 3.29. The normalized spacial score (nSPS) is 13.1. The lowest BCUT2D eigenvalue weighted by Gasteiger charge is -2.21. The van der Waals surface area contributed by atoms with E-state index in [9.17, 15) is 14.4 Å². The van der Waals surface area contributed by atoms with E-state index in [0.717, 1.165) is 23.6 Å². The van der Waals surface area contributed by atoms with Gasteiger partial charge in [0.2, 0.25) is 12.2 Å². The Labute approximate surface area is 173 Å². The molecule has 2 rings (SSSR count). The molecule has 0 saturated carbocycles. The molecule has 0 spiro atoms. The highest BCUT2D eigenvalue weighted by molar-refractivity contribution is 6.10. The number of ketones is 1. The Kier molecular flexibility index (Phi) is 8.37. The lowest BCUT2D eigenvalue weighted by Crippen LogP contribution is -2.44. The molecule has 0 saturated heterocycles. The molecule has 0 aliphatic carbocycles. The summed E-state index contributed by atoms with van der Waals surface area (Å²) < 4.78 is 0. The highest BCUT2D eigenvalue weighted by Crippen LogP contribution is 2.30. The molecule has 2 aromatic rings. The Hall–Kier alpha value is -2.69. The summed E-state index contributed by atoms with van der Waals surface area (Å²) in [5, 5.41) is 7.86. The zero-order chi connectivity index (χ0) is 21.4. The number of hydrogen-bond donors (Lipinski definition) is 2. The van der Waals surface area contributed by atoms with Gasteiger partial charge < -0.3 is 10.6 Å². The summed E-state index contributed by atoms with van der Waals surface area (Å²) in [4.78, 5) is 36.6. The van der Waals surface area contributed by atoms with E-state index >= 15 is 0 Å². The van der Waals surface area contributed by atoms with Crippen molar-refractivity contribution in [1.82, 2.24) is 5.32 Å². The molecule has 5 heteroatoms. The number of anilines is 1. The molecule has 2 aromatic carbocycles. The zero-order valence-electron chi connectivity index (χ0n) is 17.7. The summed E-state index contributed by atoms with van der Waals surface area (Å²) in [5.74, 6) is -0.00227. The van der Waals surface area contributed by atoms with Crippen molar-refractivity contribution in [3.05, 3.63) is 42.0 Å². The van der Waals surface area contributed by atoms with Crippen LogP contribution in [-0.2, 0) is 9.59 Å². The number of carbonyl (C=O) groups excluding carboxylic acids is 3. The number of hydrogen-bond acceptors (Lipinski definition) is 4. The minimum absolute atomic E-state index is 0.0444. The number of Topliss-reactive ketones (excluding diaryl/α,β-unsaturated/α-hetero) is 1. The molecule has 5 nitrogen and oxygen atoms in total. The number of nitrogens with one attached hydrogen (secondary N) is 2. The molecule has 1 radical (unpaired) electrons. The fourth-order valence-corrected chi connectivity index (χ4v) is 3.29. The largest absolute Gasteiger partial charge is 0.373 e. The van der Waals surface area contributed by atoms with E-state index in [-0.39, 0.29) is 17.6 Å². The Morgan fingerprint density at radius 3 is 2.45 bits per heavy atom. The van der Waals surface area contributed by atoms with Crippen LogP contribution in [0.2, 0.25) is 0 Å². The van der Waals surface area contributed by atoms with E-state index in [0.29, 0.717) is 24.1 Å². The minimum Gasteiger partial charge on any atom is -0.373 e. The first kappa shape index (κ1) is 22.6. The van der Waals surface area contributed by atoms with Gasteiger partial charge in [-0.1, -0.05) is 63.9 Å². The molecule has 0 fully saturated rings. The molecule has 2 N–H and O–H groups in total. The van der Waals surface area contributed by atoms with Crippen LogP contribution in [0.4, 0.5) is 5.69 Å². The second-order valence-corrected chi connectivity index (χ2v) is 7.92. The molecule has 2 unspecified atom stereocenters. The standard InChI is InChI=1S/C24H31N2O3/c1-5-6-10-19(15-27)26-24(29)17(4)25-23-20-11-8-7-9-18(20)12-13-21(23)22(28)14-16(2)3/h7-9,11-13,16-17,19,25H,5-6,10,14H2,1-4H3,(H,26,29). The maximum atomic E-state index is 12.8. The highest BCUT2D eigenvalue weighted by Gasteiger charge is 2.21. The predicted octanol–water partition coefficient (Wildman–Crippen LogP) is 4.65. The highest BCUT2D eigenvalue weighted by atomic mass is 16.2. The summed E-state index contributed by atoms with van der Waals surface area (Å²) in [6.45, 7) is 7.78. The van der Waals surface area contributed by atoms with Crippen LogP contribution in [0.5, 0.6) is 0 Å². The first-order chi connectivity index (χ1) is 13.9. The van der Waals surface area contributed by atoms with Crippen LogP contribution in [0.1, 0.15) is 63.7 Å². The molecular weight excluding hydrogens is 364 g/mol. The zero-order valence-corrected chi connectivity index (χ0v) is 17.7. The number of unbranched alkanes of at least 4 members (excludes halogenated alkanes) is 1. The van der Waals surface area contributed by atoms with E-state index in [2.05, 4.69) is 10.6 Å². The number of benzene rings is 2. The predicted molar refractivity (Wildman–Crippen MR) is 118 cm³/mol. The number of amides is 1. The lowest BCUT2D eigenvalue weighted by molar-refractivity contribution is -0.121. The lowest BCUT2D eigenvalue weighted by atomic mass is 9.96. The van der Waals surface area contributed by atoms with E-state index in [1.54, 1.807) is 6.92 Å². The van der Waals surface area contributed by atoms with Gasteiger partial charge >= 0.3 is 0 Å². The second-order valence-electron chi connectivity index (χ2n) is 7.92. The number of fused-ring (bicyclic) bond motifs is 1. The van der Waals surface area contributed by atoms with Crippen LogP contribution in [0.25, 0.3) is 10.8 Å². The van der Waals surface area contributed by atoms with Gasteiger partial charge in [-0.2, -0.15) is 0 Å². The van der Waals surface area contributed by atoms with Gasteiger partial charge in [-0.05, 0) is 30.7 Å². The van der Waals surface area contributed by atoms with Crippen molar-refractivity contribution < 1.29 is 14.4 Å². The molecular formula is C24H31N2O3. The molecule has 0 bridgehead atoms. The molecule has 1 amide bonds. The van der Waals surface area contributed by atoms with Gasteiger partial charge in [-0.3, -0.25) is 14.4 Å². The second kappa shape index (κ2) is 10.7. The number of carbonyl (C=O) groups is 2. The van der Waals surface area contributed by atoms with Gasteiger partial charge in [0.15, 0.2) is 5.78 Å². The fraction of sp³-hybridized carbons (Fsp3) is 0.458. The Morgan fingerprint density at radius 2 is 1.79 bits per heavy atom. The van der Waals surface area contributed by atoms with Crippen molar-refractivity contribution in [2.45, 2.75) is 65.5 Å². The Balaban J connectivity index is 2.29. The van der Waals surface area contributed by atoms with Crippen LogP contribution in [0, 0.1) is 5.92 Å². The van der Waals surface area contributed by atoms with Crippen LogP contribution >= 0.6 is 0 Å². The topological polar surface area (TPSA) is 75.3 Å². The van der Waals surface area contributed by atoms with Gasteiger partial charge in [-0.25, -0.2) is 0 Å². The van der Waals surface area contributed by atoms with Crippen molar-refractivity contribution in [3.63, 3.8) is 0 Å². The third-order valence-corrected chi connectivity index (χ3v) is 4.88. The summed E-state index contributed by atoms with van der Waals surface area (Å²) in [6, 6.07) is 10.3. The van der Waals surface area contributed by atoms with Gasteiger partial charge in [0.1, 0.15) is 6.04 Å². The molecule has 0 heterocycles. The maximum Gasteiger partial charge on any atom is 0.242 e. The smallest absolute Gasteiger partial charge is 0.242 e. The third kappa shape index (κ3) is 6.14. The first-order valence-corrected chi connectivity index (χ1v) is 10.4. The van der Waals surface area contributed by atoms with E-state index in [4.69, 9.17) is 0 Å². The molecule has 2 atom stereocenters. The first-order valence-electron chi connectivity index (χ1n) is 10.4. The maximum absolute atomic E-state index is 12.8. The average Bonchev–Trinajstić information content (AvgIpc) is 2.70. The third-order valence-electron chi connectivity index (χ3n) is 4.88. The molecule has 0 aromatic heterocycles. The van der Waals surface area contributed by atoms with Crippen LogP contribution in [-0.4, -0.2) is 30.1 Å².